The van der Waals surface area contributed by atoms with E-state index in [0.29, 0.717) is 28.9 Å². The van der Waals surface area contributed by atoms with E-state index in [2.05, 4.69) is 10.3 Å². The average Bonchev–Trinajstić information content (AvgIpc) is 3.60. The third-order valence-electron chi connectivity index (χ3n) is 5.67. The number of ether oxygens (including phenoxy) is 1. The van der Waals surface area contributed by atoms with Gasteiger partial charge in [0.15, 0.2) is 0 Å². The van der Waals surface area contributed by atoms with Crippen LogP contribution < -0.4 is 10.2 Å². The van der Waals surface area contributed by atoms with E-state index >= 15 is 0 Å². The summed E-state index contributed by atoms with van der Waals surface area (Å²) in [5.41, 5.74) is 3.49. The highest BCUT2D eigenvalue weighted by molar-refractivity contribution is 7.17. The number of nitrogens with one attached hydrogen (secondary N) is 1. The number of aromatic nitrogens is 4. The lowest BCUT2D eigenvalue weighted by atomic mass is 10.1. The second-order valence-electron chi connectivity index (χ2n) is 8.11. The first-order chi connectivity index (χ1) is 17.0. The summed E-state index contributed by atoms with van der Waals surface area (Å²) < 4.78 is 9.76. The highest BCUT2D eigenvalue weighted by atomic mass is 35.5. The molecule has 2 amide bonds. The SMILES string of the molecule is Cc1cc(-n2cc(CNC(=O)c3ccc(Cl)s3)nc2Cn2ccnc2)ccc1N1CCOCC1=O. The number of thiophene rings is 1. The molecule has 9 nitrogen and oxygen atoms in total. The van der Waals surface area contributed by atoms with E-state index in [1.54, 1.807) is 29.6 Å². The summed E-state index contributed by atoms with van der Waals surface area (Å²) in [6, 6.07) is 9.37. The van der Waals surface area contributed by atoms with Gasteiger partial charge in [-0.15, -0.1) is 11.3 Å². The van der Waals surface area contributed by atoms with Crippen LogP contribution in [-0.2, 0) is 22.6 Å². The van der Waals surface area contributed by atoms with Crippen LogP contribution in [0.2, 0.25) is 4.34 Å². The molecule has 5 rings (SSSR count). The van der Waals surface area contributed by atoms with Gasteiger partial charge in [0.05, 0.1) is 40.9 Å². The number of carbonyl (C=O) groups is 2. The molecule has 35 heavy (non-hydrogen) atoms. The van der Waals surface area contributed by atoms with E-state index in [0.717, 1.165) is 28.5 Å². The number of imidazole rings is 2. The summed E-state index contributed by atoms with van der Waals surface area (Å²) in [6.07, 6.45) is 7.25. The maximum atomic E-state index is 12.5. The van der Waals surface area contributed by atoms with Gasteiger partial charge in [-0.2, -0.15) is 0 Å². The minimum Gasteiger partial charge on any atom is -0.370 e. The second kappa shape index (κ2) is 10.0. The Balaban J connectivity index is 1.41. The monoisotopic (exact) mass is 510 g/mol. The molecule has 11 heteroatoms. The van der Waals surface area contributed by atoms with E-state index in [-0.39, 0.29) is 25.0 Å². The predicted molar refractivity (Wildman–Crippen MR) is 133 cm³/mol. The summed E-state index contributed by atoms with van der Waals surface area (Å²) in [5.74, 6) is 0.560. The largest absolute Gasteiger partial charge is 0.370 e. The lowest BCUT2D eigenvalue weighted by molar-refractivity contribution is -0.125. The first kappa shape index (κ1) is 23.3. The van der Waals surface area contributed by atoms with Gasteiger partial charge in [-0.1, -0.05) is 11.6 Å². The van der Waals surface area contributed by atoms with Gasteiger partial charge < -0.3 is 24.1 Å². The molecule has 3 aromatic heterocycles. The Bertz CT molecular complexity index is 1360. The van der Waals surface area contributed by atoms with Crippen LogP contribution in [-0.4, -0.2) is 50.7 Å². The number of hydrogen-bond donors (Lipinski definition) is 1. The highest BCUT2D eigenvalue weighted by Gasteiger charge is 2.22. The first-order valence-corrected chi connectivity index (χ1v) is 12.2. The van der Waals surface area contributed by atoms with E-state index in [1.807, 2.05) is 46.7 Å². The molecule has 1 N–H and O–H groups in total. The third kappa shape index (κ3) is 5.14. The minimum atomic E-state index is -0.192. The Kier molecular flexibility index (Phi) is 6.67. The molecule has 0 bridgehead atoms. The lowest BCUT2D eigenvalue weighted by Gasteiger charge is -2.28. The first-order valence-electron chi connectivity index (χ1n) is 11.0. The van der Waals surface area contributed by atoms with E-state index in [1.165, 1.54) is 11.3 Å². The van der Waals surface area contributed by atoms with Crippen LogP contribution in [0.4, 0.5) is 5.69 Å². The number of hydrogen-bond acceptors (Lipinski definition) is 6. The van der Waals surface area contributed by atoms with Crippen LogP contribution in [0.1, 0.15) is 26.8 Å². The Morgan fingerprint density at radius 1 is 1.29 bits per heavy atom. The molecule has 0 radical (unpaired) electrons. The average molecular weight is 511 g/mol. The Labute approximate surface area is 210 Å². The molecule has 1 aliphatic heterocycles. The van der Waals surface area contributed by atoms with Crippen LogP contribution in [0, 0.1) is 6.92 Å². The molecule has 0 saturated carbocycles. The van der Waals surface area contributed by atoms with Crippen molar-refractivity contribution in [1.29, 1.82) is 0 Å². The molecular weight excluding hydrogens is 488 g/mol. The van der Waals surface area contributed by atoms with Gasteiger partial charge in [0.1, 0.15) is 12.4 Å². The number of amides is 2. The number of halogens is 1. The van der Waals surface area contributed by atoms with Crippen molar-refractivity contribution >= 4 is 40.4 Å². The van der Waals surface area contributed by atoms with Crippen molar-refractivity contribution in [1.82, 2.24) is 24.4 Å². The van der Waals surface area contributed by atoms with Gasteiger partial charge in [-0.3, -0.25) is 9.59 Å². The van der Waals surface area contributed by atoms with Gasteiger partial charge in [0.25, 0.3) is 11.8 Å². The van der Waals surface area contributed by atoms with Crippen molar-refractivity contribution in [3.05, 3.63) is 81.5 Å². The number of anilines is 1. The van der Waals surface area contributed by atoms with Crippen molar-refractivity contribution in [2.75, 3.05) is 24.7 Å². The van der Waals surface area contributed by atoms with Gasteiger partial charge >= 0.3 is 0 Å². The third-order valence-corrected chi connectivity index (χ3v) is 6.90. The molecule has 1 fully saturated rings. The van der Waals surface area contributed by atoms with E-state index in [4.69, 9.17) is 21.3 Å². The number of carbonyl (C=O) groups excluding carboxylic acids is 2. The van der Waals surface area contributed by atoms with Gasteiger partial charge in [-0.05, 0) is 42.8 Å². The summed E-state index contributed by atoms with van der Waals surface area (Å²) >= 11 is 7.19. The van der Waals surface area contributed by atoms with Crippen molar-refractivity contribution in [2.24, 2.45) is 0 Å². The van der Waals surface area contributed by atoms with Crippen LogP contribution >= 0.6 is 22.9 Å². The molecular formula is C24H23ClN6O3S. The fourth-order valence-electron chi connectivity index (χ4n) is 4.00. The molecule has 4 aromatic rings. The molecule has 0 unspecified atom stereocenters. The molecule has 0 spiro atoms. The van der Waals surface area contributed by atoms with Crippen LogP contribution in [0.15, 0.2) is 55.2 Å². The Hall–Kier alpha value is -3.47. The summed E-state index contributed by atoms with van der Waals surface area (Å²) in [5, 5.41) is 2.91. The van der Waals surface area contributed by atoms with E-state index in [9.17, 15) is 9.59 Å². The molecule has 0 aliphatic carbocycles. The molecule has 0 atom stereocenters. The Morgan fingerprint density at radius 3 is 2.89 bits per heavy atom. The summed E-state index contributed by atoms with van der Waals surface area (Å²) in [4.78, 5) is 36.0. The molecule has 1 aromatic carbocycles. The fourth-order valence-corrected chi connectivity index (χ4v) is 4.95. The van der Waals surface area contributed by atoms with Crippen LogP contribution in [0.25, 0.3) is 5.69 Å². The van der Waals surface area contributed by atoms with Gasteiger partial charge in [0, 0.05) is 36.5 Å². The molecule has 180 valence electrons. The van der Waals surface area contributed by atoms with Crippen molar-refractivity contribution in [2.45, 2.75) is 20.0 Å². The fraction of sp³-hybridized carbons (Fsp3) is 0.250. The normalized spacial score (nSPS) is 13.9. The second-order valence-corrected chi connectivity index (χ2v) is 9.82. The van der Waals surface area contributed by atoms with E-state index < -0.39 is 0 Å². The van der Waals surface area contributed by atoms with Crippen molar-refractivity contribution < 1.29 is 14.3 Å². The molecule has 1 saturated heterocycles. The van der Waals surface area contributed by atoms with Crippen LogP contribution in [0.5, 0.6) is 0 Å². The minimum absolute atomic E-state index is 0.0411. The topological polar surface area (TPSA) is 94.3 Å². The molecule has 4 heterocycles. The molecule has 1 aliphatic rings. The number of aryl methyl sites for hydroxylation is 1. The van der Waals surface area contributed by atoms with Crippen LogP contribution in [0.3, 0.4) is 0 Å². The van der Waals surface area contributed by atoms with Gasteiger partial charge in [0.2, 0.25) is 0 Å². The smallest absolute Gasteiger partial charge is 0.261 e. The van der Waals surface area contributed by atoms with Crippen molar-refractivity contribution in [3.63, 3.8) is 0 Å². The zero-order valence-electron chi connectivity index (χ0n) is 19.0. The van der Waals surface area contributed by atoms with Crippen molar-refractivity contribution in [3.8, 4) is 5.69 Å². The Morgan fingerprint density at radius 2 is 2.17 bits per heavy atom. The summed E-state index contributed by atoms with van der Waals surface area (Å²) in [7, 11) is 0. The number of benzene rings is 1. The quantitative estimate of drug-likeness (QED) is 0.411. The number of morpholine rings is 1. The highest BCUT2D eigenvalue weighted by Crippen LogP contribution is 2.26. The number of rotatable bonds is 7. The maximum Gasteiger partial charge on any atom is 0.261 e. The predicted octanol–water partition coefficient (Wildman–Crippen LogP) is 3.43. The summed E-state index contributed by atoms with van der Waals surface area (Å²) in [6.45, 7) is 3.94. The maximum absolute atomic E-state index is 12.5. The standard InChI is InChI=1S/C24H23ClN6O3S/c1-16-10-18(2-3-19(16)30-8-9-34-14-23(30)32)31-12-17(28-22(31)13-29-7-6-26-15-29)11-27-24(33)20-4-5-21(25)35-20/h2-7,10,12,15H,8-9,11,13-14H2,1H3,(H,27,33). The zero-order valence-corrected chi connectivity index (χ0v) is 20.6. The zero-order chi connectivity index (χ0) is 24.4. The lowest BCUT2D eigenvalue weighted by Crippen LogP contribution is -2.42. The number of nitrogens with zero attached hydrogens (tertiary/aromatic N) is 5. The van der Waals surface area contributed by atoms with Gasteiger partial charge in [-0.25, -0.2) is 9.97 Å².